The van der Waals surface area contributed by atoms with E-state index in [-0.39, 0.29) is 5.56 Å². The Morgan fingerprint density at radius 3 is 2.61 bits per heavy atom. The highest BCUT2D eigenvalue weighted by Gasteiger charge is 2.14. The van der Waals surface area contributed by atoms with Crippen molar-refractivity contribution in [2.24, 2.45) is 0 Å². The minimum Gasteiger partial charge on any atom is -0.497 e. The third-order valence-electron chi connectivity index (χ3n) is 3.64. The van der Waals surface area contributed by atoms with E-state index in [0.29, 0.717) is 29.3 Å². The van der Waals surface area contributed by atoms with Gasteiger partial charge in [0.15, 0.2) is 10.7 Å². The Hall–Kier alpha value is -2.28. The van der Waals surface area contributed by atoms with E-state index in [0.717, 1.165) is 11.3 Å². The first-order valence-electron chi connectivity index (χ1n) is 7.31. The van der Waals surface area contributed by atoms with Crippen LogP contribution in [0.4, 0.5) is 0 Å². The molecule has 3 rings (SSSR count). The van der Waals surface area contributed by atoms with Gasteiger partial charge in [0.25, 0.3) is 5.56 Å². The van der Waals surface area contributed by atoms with Crippen molar-refractivity contribution in [2.45, 2.75) is 25.2 Å². The normalized spacial score (nSPS) is 11.1. The molecule has 2 aromatic heterocycles. The van der Waals surface area contributed by atoms with Crippen LogP contribution in [0.2, 0.25) is 0 Å². The van der Waals surface area contributed by atoms with Gasteiger partial charge >= 0.3 is 0 Å². The summed E-state index contributed by atoms with van der Waals surface area (Å²) in [5, 5.41) is 5.02. The summed E-state index contributed by atoms with van der Waals surface area (Å²) in [5.41, 5.74) is 1.96. The van der Waals surface area contributed by atoms with Gasteiger partial charge in [-0.2, -0.15) is 5.10 Å². The average molecular weight is 330 g/mol. The van der Waals surface area contributed by atoms with Crippen LogP contribution in [-0.4, -0.2) is 32.7 Å². The van der Waals surface area contributed by atoms with Gasteiger partial charge in [-0.15, -0.1) is 0 Å². The quantitative estimate of drug-likeness (QED) is 0.531. The molecule has 0 atom stereocenters. The molecule has 7 heteroatoms. The van der Waals surface area contributed by atoms with Gasteiger partial charge in [-0.25, -0.2) is 4.98 Å². The van der Waals surface area contributed by atoms with Crippen LogP contribution in [0.3, 0.4) is 0 Å². The molecule has 0 saturated heterocycles. The van der Waals surface area contributed by atoms with Crippen molar-refractivity contribution in [3.8, 4) is 5.75 Å². The van der Waals surface area contributed by atoms with Crippen LogP contribution in [-0.2, 0) is 13.1 Å². The summed E-state index contributed by atoms with van der Waals surface area (Å²) in [4.78, 5) is 17.3. The fourth-order valence-corrected chi connectivity index (χ4v) is 2.95. The Bertz CT molecular complexity index is 883. The number of aromatic nitrogens is 4. The number of hydrogen-bond acceptors (Lipinski definition) is 5. The van der Waals surface area contributed by atoms with E-state index in [2.05, 4.69) is 10.1 Å². The Kier molecular flexibility index (Phi) is 4.38. The lowest BCUT2D eigenvalue weighted by atomic mass is 10.2. The van der Waals surface area contributed by atoms with Gasteiger partial charge in [0.05, 0.1) is 19.9 Å². The van der Waals surface area contributed by atoms with Crippen LogP contribution >= 0.6 is 11.8 Å². The van der Waals surface area contributed by atoms with Gasteiger partial charge in [0.2, 0.25) is 0 Å². The van der Waals surface area contributed by atoms with Crippen molar-refractivity contribution in [3.05, 3.63) is 46.4 Å². The highest BCUT2D eigenvalue weighted by Crippen LogP contribution is 2.17. The summed E-state index contributed by atoms with van der Waals surface area (Å²) in [6.45, 7) is 3.15. The zero-order valence-electron chi connectivity index (χ0n) is 13.3. The number of fused-ring (bicyclic) bond motifs is 1. The molecule has 2 heterocycles. The maximum Gasteiger partial charge on any atom is 0.282 e. The molecule has 0 spiro atoms. The summed E-state index contributed by atoms with van der Waals surface area (Å²) in [6.07, 6.45) is 3.73. The second-order valence-electron chi connectivity index (χ2n) is 5.06. The van der Waals surface area contributed by atoms with E-state index in [4.69, 9.17) is 4.74 Å². The molecule has 1 aromatic carbocycles. The third kappa shape index (κ3) is 2.96. The topological polar surface area (TPSA) is 61.9 Å². The highest BCUT2D eigenvalue weighted by molar-refractivity contribution is 7.98. The summed E-state index contributed by atoms with van der Waals surface area (Å²) >= 11 is 1.46. The van der Waals surface area contributed by atoms with Crippen LogP contribution in [0.5, 0.6) is 5.75 Å². The van der Waals surface area contributed by atoms with E-state index in [1.54, 1.807) is 16.4 Å². The van der Waals surface area contributed by atoms with Crippen LogP contribution in [0.1, 0.15) is 12.5 Å². The number of thioether (sulfide) groups is 1. The largest absolute Gasteiger partial charge is 0.497 e. The first-order chi connectivity index (χ1) is 11.2. The maximum absolute atomic E-state index is 12.8. The van der Waals surface area contributed by atoms with Gasteiger partial charge < -0.3 is 4.74 Å². The molecule has 0 radical (unpaired) electrons. The maximum atomic E-state index is 12.8. The first-order valence-corrected chi connectivity index (χ1v) is 8.53. The minimum absolute atomic E-state index is 0.109. The molecule has 0 bridgehead atoms. The molecule has 0 saturated carbocycles. The zero-order valence-corrected chi connectivity index (χ0v) is 14.1. The number of benzene rings is 1. The number of methoxy groups -OCH3 is 1. The summed E-state index contributed by atoms with van der Waals surface area (Å²) in [6, 6.07) is 7.67. The Morgan fingerprint density at radius 2 is 2.00 bits per heavy atom. The van der Waals surface area contributed by atoms with Crippen LogP contribution in [0.15, 0.2) is 40.4 Å². The molecular weight excluding hydrogens is 312 g/mol. The van der Waals surface area contributed by atoms with Gasteiger partial charge in [0, 0.05) is 6.54 Å². The smallest absolute Gasteiger partial charge is 0.282 e. The van der Waals surface area contributed by atoms with E-state index >= 15 is 0 Å². The molecule has 0 unspecified atom stereocenters. The molecule has 0 N–H and O–H groups in total. The lowest BCUT2D eigenvalue weighted by Crippen LogP contribution is -2.24. The van der Waals surface area contributed by atoms with Crippen molar-refractivity contribution in [1.29, 1.82) is 0 Å². The number of nitrogens with zero attached hydrogens (tertiary/aromatic N) is 4. The van der Waals surface area contributed by atoms with Crippen LogP contribution < -0.4 is 10.3 Å². The molecule has 0 aliphatic rings. The Labute approximate surface area is 138 Å². The van der Waals surface area contributed by atoms with Crippen molar-refractivity contribution in [3.63, 3.8) is 0 Å². The lowest BCUT2D eigenvalue weighted by Gasteiger charge is -2.10. The molecule has 120 valence electrons. The zero-order chi connectivity index (χ0) is 16.4. The van der Waals surface area contributed by atoms with E-state index in [9.17, 15) is 4.79 Å². The monoisotopic (exact) mass is 330 g/mol. The second-order valence-corrected chi connectivity index (χ2v) is 5.83. The molecule has 0 aliphatic carbocycles. The van der Waals surface area contributed by atoms with Crippen LogP contribution in [0, 0.1) is 0 Å². The Balaban J connectivity index is 2.07. The number of hydrogen-bond donors (Lipinski definition) is 0. The SMILES string of the molecule is CCn1cc2nc(SC)n(Cc3ccc(OC)cc3)c(=O)c2n1. The number of ether oxygens (including phenoxy) is 1. The molecule has 3 aromatic rings. The fourth-order valence-electron chi connectivity index (χ4n) is 2.39. The average Bonchev–Trinajstić information content (AvgIpc) is 3.01. The number of aryl methyl sites for hydroxylation is 1. The van der Waals surface area contributed by atoms with Gasteiger partial charge in [-0.1, -0.05) is 23.9 Å². The molecule has 0 fully saturated rings. The summed E-state index contributed by atoms with van der Waals surface area (Å²) < 4.78 is 8.57. The van der Waals surface area contributed by atoms with Gasteiger partial charge in [-0.05, 0) is 30.9 Å². The molecular formula is C16H18N4O2S. The molecule has 0 aliphatic heterocycles. The van der Waals surface area contributed by atoms with Crippen LogP contribution in [0.25, 0.3) is 11.0 Å². The van der Waals surface area contributed by atoms with E-state index in [1.807, 2.05) is 43.6 Å². The van der Waals surface area contributed by atoms with Gasteiger partial charge in [0.1, 0.15) is 11.3 Å². The predicted molar refractivity (Wildman–Crippen MR) is 91.3 cm³/mol. The van der Waals surface area contributed by atoms with E-state index < -0.39 is 0 Å². The van der Waals surface area contributed by atoms with Crippen molar-refractivity contribution >= 4 is 22.8 Å². The lowest BCUT2D eigenvalue weighted by molar-refractivity contribution is 0.414. The minimum atomic E-state index is -0.109. The summed E-state index contributed by atoms with van der Waals surface area (Å²) in [5.74, 6) is 0.793. The predicted octanol–water partition coefficient (Wildman–Crippen LogP) is 2.39. The van der Waals surface area contributed by atoms with Crippen molar-refractivity contribution in [2.75, 3.05) is 13.4 Å². The fraction of sp³-hybridized carbons (Fsp3) is 0.312. The first kappa shape index (κ1) is 15.6. The Morgan fingerprint density at radius 1 is 1.26 bits per heavy atom. The second kappa shape index (κ2) is 6.45. The van der Waals surface area contributed by atoms with Crippen molar-refractivity contribution < 1.29 is 4.74 Å². The van der Waals surface area contributed by atoms with E-state index in [1.165, 1.54) is 11.8 Å². The molecule has 23 heavy (non-hydrogen) atoms. The summed E-state index contributed by atoms with van der Waals surface area (Å²) in [7, 11) is 1.63. The van der Waals surface area contributed by atoms with Crippen molar-refractivity contribution in [1.82, 2.24) is 19.3 Å². The molecule has 6 nitrogen and oxygen atoms in total. The number of rotatable bonds is 5. The van der Waals surface area contributed by atoms with Gasteiger partial charge in [-0.3, -0.25) is 14.0 Å². The third-order valence-corrected chi connectivity index (χ3v) is 4.32. The standard InChI is InChI=1S/C16H18N4O2S/c1-4-19-10-13-14(18-19)15(21)20(16(17-13)23-3)9-11-5-7-12(22-2)8-6-11/h5-8,10H,4,9H2,1-3H3. The highest BCUT2D eigenvalue weighted by atomic mass is 32.2. The molecule has 0 amide bonds.